The third-order valence-corrected chi connectivity index (χ3v) is 5.39. The minimum absolute atomic E-state index is 0.125. The average molecular weight is 426 g/mol. The van der Waals surface area contributed by atoms with Gasteiger partial charge >= 0.3 is 0 Å². The van der Waals surface area contributed by atoms with Crippen molar-refractivity contribution in [3.63, 3.8) is 0 Å². The maximum absolute atomic E-state index is 12.6. The number of rotatable bonds is 6. The number of carbonyl (C=O) groups is 1. The third kappa shape index (κ3) is 4.62. The summed E-state index contributed by atoms with van der Waals surface area (Å²) in [5.41, 5.74) is 4.72. The van der Waals surface area contributed by atoms with Crippen molar-refractivity contribution < 1.29 is 9.32 Å². The van der Waals surface area contributed by atoms with Gasteiger partial charge in [0.05, 0.1) is 6.54 Å². The minimum atomic E-state index is 0.125. The highest BCUT2D eigenvalue weighted by Crippen LogP contribution is 2.31. The summed E-state index contributed by atoms with van der Waals surface area (Å²) in [7, 11) is 0. The SMILES string of the molecule is Cc1cc(C)nc(NCCCC(=O)N2CCc3c(noc3-c3ccc(Cl)cc3)C2)n1. The molecule has 0 aliphatic carbocycles. The van der Waals surface area contributed by atoms with Crippen molar-refractivity contribution in [3.8, 4) is 11.3 Å². The molecule has 1 aliphatic heterocycles. The number of fused-ring (bicyclic) bond motifs is 1. The Hall–Kier alpha value is -2.93. The number of aryl methyl sites for hydroxylation is 2. The van der Waals surface area contributed by atoms with Crippen LogP contribution in [-0.4, -0.2) is 39.0 Å². The lowest BCUT2D eigenvalue weighted by atomic mass is 10.0. The summed E-state index contributed by atoms with van der Waals surface area (Å²) in [5.74, 6) is 1.51. The number of benzene rings is 1. The highest BCUT2D eigenvalue weighted by molar-refractivity contribution is 6.30. The van der Waals surface area contributed by atoms with Crippen molar-refractivity contribution in [2.75, 3.05) is 18.4 Å². The van der Waals surface area contributed by atoms with Crippen LogP contribution in [0, 0.1) is 13.8 Å². The molecule has 3 heterocycles. The Morgan fingerprint density at radius 3 is 2.67 bits per heavy atom. The molecule has 0 saturated heterocycles. The number of nitrogens with zero attached hydrogens (tertiary/aromatic N) is 4. The van der Waals surface area contributed by atoms with Crippen LogP contribution in [0.3, 0.4) is 0 Å². The number of hydrogen-bond acceptors (Lipinski definition) is 6. The Morgan fingerprint density at radius 1 is 1.20 bits per heavy atom. The molecule has 3 aromatic rings. The van der Waals surface area contributed by atoms with E-state index in [1.165, 1.54) is 0 Å². The zero-order chi connectivity index (χ0) is 21.1. The molecule has 2 aromatic heterocycles. The molecule has 1 N–H and O–H groups in total. The highest BCUT2D eigenvalue weighted by atomic mass is 35.5. The van der Waals surface area contributed by atoms with E-state index in [-0.39, 0.29) is 5.91 Å². The smallest absolute Gasteiger partial charge is 0.223 e. The van der Waals surface area contributed by atoms with Gasteiger partial charge in [-0.25, -0.2) is 9.97 Å². The van der Waals surface area contributed by atoms with Crippen LogP contribution in [0.15, 0.2) is 34.9 Å². The fourth-order valence-electron chi connectivity index (χ4n) is 3.67. The Bertz CT molecular complexity index is 1030. The second-order valence-corrected chi connectivity index (χ2v) is 7.95. The molecule has 0 atom stereocenters. The molecule has 4 rings (SSSR count). The predicted molar refractivity (Wildman–Crippen MR) is 115 cm³/mol. The number of halogens is 1. The first-order valence-corrected chi connectivity index (χ1v) is 10.4. The van der Waals surface area contributed by atoms with E-state index in [0.29, 0.717) is 43.4 Å². The van der Waals surface area contributed by atoms with Crippen molar-refractivity contribution in [2.24, 2.45) is 0 Å². The first-order chi connectivity index (χ1) is 14.5. The van der Waals surface area contributed by atoms with Gasteiger partial charge in [-0.15, -0.1) is 0 Å². The van der Waals surface area contributed by atoms with E-state index in [2.05, 4.69) is 20.4 Å². The van der Waals surface area contributed by atoms with E-state index in [4.69, 9.17) is 16.1 Å². The lowest BCUT2D eigenvalue weighted by Crippen LogP contribution is -2.36. The Kier molecular flexibility index (Phi) is 5.99. The number of anilines is 1. The van der Waals surface area contributed by atoms with Crippen LogP contribution < -0.4 is 5.32 Å². The maximum Gasteiger partial charge on any atom is 0.223 e. The van der Waals surface area contributed by atoms with Crippen molar-refractivity contribution in [2.45, 2.75) is 39.7 Å². The molecule has 0 radical (unpaired) electrons. The molecular weight excluding hydrogens is 402 g/mol. The highest BCUT2D eigenvalue weighted by Gasteiger charge is 2.26. The summed E-state index contributed by atoms with van der Waals surface area (Å²) >= 11 is 5.97. The first-order valence-electron chi connectivity index (χ1n) is 10.1. The molecule has 7 nitrogen and oxygen atoms in total. The molecular formula is C22H24ClN5O2. The fraction of sp³-hybridized carbons (Fsp3) is 0.364. The summed E-state index contributed by atoms with van der Waals surface area (Å²) in [4.78, 5) is 23.2. The number of aromatic nitrogens is 3. The average Bonchev–Trinajstić information content (AvgIpc) is 3.14. The Labute approximate surface area is 180 Å². The van der Waals surface area contributed by atoms with Crippen LogP contribution >= 0.6 is 11.6 Å². The van der Waals surface area contributed by atoms with Gasteiger partial charge < -0.3 is 14.7 Å². The van der Waals surface area contributed by atoms with Gasteiger partial charge in [-0.05, 0) is 57.0 Å². The van der Waals surface area contributed by atoms with Crippen LogP contribution in [0.4, 0.5) is 5.95 Å². The quantitative estimate of drug-likeness (QED) is 0.596. The molecule has 0 saturated carbocycles. The van der Waals surface area contributed by atoms with Gasteiger partial charge in [0.2, 0.25) is 11.9 Å². The Morgan fingerprint density at radius 2 is 1.93 bits per heavy atom. The van der Waals surface area contributed by atoms with E-state index in [9.17, 15) is 4.79 Å². The van der Waals surface area contributed by atoms with Crippen LogP contribution in [0.2, 0.25) is 5.02 Å². The predicted octanol–water partition coefficient (Wildman–Crippen LogP) is 4.18. The first kappa shape index (κ1) is 20.3. The van der Waals surface area contributed by atoms with Crippen molar-refractivity contribution >= 4 is 23.5 Å². The van der Waals surface area contributed by atoms with Crippen LogP contribution in [0.25, 0.3) is 11.3 Å². The summed E-state index contributed by atoms with van der Waals surface area (Å²) < 4.78 is 5.58. The van der Waals surface area contributed by atoms with Crippen LogP contribution in [0.5, 0.6) is 0 Å². The lowest BCUT2D eigenvalue weighted by Gasteiger charge is -2.26. The summed E-state index contributed by atoms with van der Waals surface area (Å²) in [6.45, 7) is 5.69. The van der Waals surface area contributed by atoms with E-state index < -0.39 is 0 Å². The largest absolute Gasteiger partial charge is 0.356 e. The normalized spacial score (nSPS) is 13.2. The molecule has 30 heavy (non-hydrogen) atoms. The second kappa shape index (κ2) is 8.83. The monoisotopic (exact) mass is 425 g/mol. The van der Waals surface area contributed by atoms with Crippen molar-refractivity contribution in [3.05, 3.63) is 58.0 Å². The standard InChI is InChI=1S/C22H24ClN5O2/c1-14-12-15(2)26-22(25-14)24-10-3-4-20(29)28-11-9-18-19(13-28)27-30-21(18)16-5-7-17(23)8-6-16/h5-8,12H,3-4,9-11,13H2,1-2H3,(H,24,25,26). The lowest BCUT2D eigenvalue weighted by molar-refractivity contribution is -0.132. The summed E-state index contributed by atoms with van der Waals surface area (Å²) in [5, 5.41) is 8.09. The van der Waals surface area contributed by atoms with Gasteiger partial charge in [0.25, 0.3) is 0 Å². The van der Waals surface area contributed by atoms with Crippen LogP contribution in [0.1, 0.15) is 35.5 Å². The minimum Gasteiger partial charge on any atom is -0.356 e. The fourth-order valence-corrected chi connectivity index (χ4v) is 3.80. The number of amides is 1. The van der Waals surface area contributed by atoms with Crippen molar-refractivity contribution in [1.82, 2.24) is 20.0 Å². The van der Waals surface area contributed by atoms with Gasteiger partial charge in [-0.2, -0.15) is 0 Å². The maximum atomic E-state index is 12.6. The number of nitrogens with one attached hydrogen (secondary N) is 1. The number of hydrogen-bond donors (Lipinski definition) is 1. The van der Waals surface area contributed by atoms with Crippen molar-refractivity contribution in [1.29, 1.82) is 0 Å². The van der Waals surface area contributed by atoms with Gasteiger partial charge in [0.15, 0.2) is 5.76 Å². The molecule has 1 amide bonds. The van der Waals surface area contributed by atoms with E-state index >= 15 is 0 Å². The molecule has 156 valence electrons. The molecule has 0 spiro atoms. The summed E-state index contributed by atoms with van der Waals surface area (Å²) in [6, 6.07) is 9.45. The molecule has 0 bridgehead atoms. The van der Waals surface area contributed by atoms with Gasteiger partial charge in [-0.1, -0.05) is 16.8 Å². The van der Waals surface area contributed by atoms with Gasteiger partial charge in [-0.3, -0.25) is 4.79 Å². The number of carbonyl (C=O) groups excluding carboxylic acids is 1. The molecule has 8 heteroatoms. The van der Waals surface area contributed by atoms with E-state index in [1.807, 2.05) is 49.1 Å². The zero-order valence-electron chi connectivity index (χ0n) is 17.1. The molecule has 0 fully saturated rings. The molecule has 0 unspecified atom stereocenters. The zero-order valence-corrected chi connectivity index (χ0v) is 17.9. The topological polar surface area (TPSA) is 84.2 Å². The summed E-state index contributed by atoms with van der Waals surface area (Å²) in [6.07, 6.45) is 1.92. The third-order valence-electron chi connectivity index (χ3n) is 5.13. The molecule has 1 aromatic carbocycles. The Balaban J connectivity index is 1.30. The van der Waals surface area contributed by atoms with Gasteiger partial charge in [0, 0.05) is 47.0 Å². The van der Waals surface area contributed by atoms with E-state index in [1.54, 1.807) is 0 Å². The van der Waals surface area contributed by atoms with Crippen LogP contribution in [-0.2, 0) is 17.8 Å². The van der Waals surface area contributed by atoms with Gasteiger partial charge in [0.1, 0.15) is 5.69 Å². The van der Waals surface area contributed by atoms with E-state index in [0.717, 1.165) is 40.4 Å². The molecule has 1 aliphatic rings. The second-order valence-electron chi connectivity index (χ2n) is 7.51.